The fourth-order valence-corrected chi connectivity index (χ4v) is 7.61. The molecule has 0 aliphatic heterocycles. The Morgan fingerprint density at radius 1 is 0.448 bits per heavy atom. The predicted octanol–water partition coefficient (Wildman–Crippen LogP) is 3.22. The van der Waals surface area contributed by atoms with Crippen molar-refractivity contribution >= 4 is 37.6 Å². The van der Waals surface area contributed by atoms with Crippen LogP contribution in [0.15, 0.2) is 97.6 Å². The molecule has 0 aliphatic carbocycles. The third kappa shape index (κ3) is 5.29. The maximum Gasteiger partial charge on any atom is 0.0692 e. The molecule has 29 heavy (non-hydrogen) atoms. The zero-order valence-corrected chi connectivity index (χ0v) is 17.8. The Balaban J connectivity index is 1.53. The van der Waals surface area contributed by atoms with Crippen LogP contribution in [0, 0.1) is 0 Å². The van der Waals surface area contributed by atoms with Crippen molar-refractivity contribution in [3.8, 4) is 0 Å². The summed E-state index contributed by atoms with van der Waals surface area (Å²) in [6.45, 7) is 0. The Bertz CT molecular complexity index is 824. The predicted molar refractivity (Wildman–Crippen MR) is 124 cm³/mol. The van der Waals surface area contributed by atoms with Crippen molar-refractivity contribution in [3.05, 3.63) is 97.6 Å². The van der Waals surface area contributed by atoms with Crippen LogP contribution in [0.4, 0.5) is 0 Å². The van der Waals surface area contributed by atoms with Gasteiger partial charge in [-0.25, -0.2) is 0 Å². The summed E-state index contributed by atoms with van der Waals surface area (Å²) in [7, 11) is -1.14. The van der Waals surface area contributed by atoms with Gasteiger partial charge < -0.3 is 0 Å². The Morgan fingerprint density at radius 3 is 1.00 bits per heavy atom. The molecule has 0 amide bonds. The summed E-state index contributed by atoms with van der Waals surface area (Å²) in [4.78, 5) is 18.6. The Morgan fingerprint density at radius 2 is 0.759 bits per heavy atom. The molecule has 0 N–H and O–H groups in total. The average molecular weight is 416 g/mol. The molecule has 4 aromatic rings. The Kier molecular flexibility index (Phi) is 7.02. The first-order chi connectivity index (χ1) is 14.4. The van der Waals surface area contributed by atoms with E-state index < -0.39 is 15.8 Å². The van der Waals surface area contributed by atoms with Crippen molar-refractivity contribution in [3.63, 3.8) is 0 Å². The van der Waals surface area contributed by atoms with Crippen molar-refractivity contribution < 1.29 is 0 Å². The monoisotopic (exact) mass is 416 g/mol. The normalized spacial score (nSPS) is 11.1. The minimum Gasteiger partial charge on any atom is -0.256 e. The highest BCUT2D eigenvalue weighted by atomic mass is 31.1. The number of aromatic nitrogens is 4. The van der Waals surface area contributed by atoms with Crippen LogP contribution in [0.1, 0.15) is 6.42 Å². The zero-order valence-electron chi connectivity index (χ0n) is 16.0. The molecule has 0 aliphatic rings. The topological polar surface area (TPSA) is 51.6 Å². The quantitative estimate of drug-likeness (QED) is 0.414. The van der Waals surface area contributed by atoms with Crippen LogP contribution in [0.25, 0.3) is 0 Å². The van der Waals surface area contributed by atoms with Gasteiger partial charge in [0, 0.05) is 24.8 Å². The molecular weight excluding hydrogens is 394 g/mol. The van der Waals surface area contributed by atoms with E-state index in [2.05, 4.69) is 68.5 Å². The summed E-state index contributed by atoms with van der Waals surface area (Å²) < 4.78 is 0. The van der Waals surface area contributed by atoms with Crippen LogP contribution in [0.3, 0.4) is 0 Å². The number of nitrogens with zero attached hydrogens (tertiary/aromatic N) is 4. The lowest BCUT2D eigenvalue weighted by Crippen LogP contribution is -2.21. The van der Waals surface area contributed by atoms with E-state index in [1.54, 1.807) is 0 Å². The summed E-state index contributed by atoms with van der Waals surface area (Å²) in [5.74, 6) is 0. The molecule has 4 aromatic heterocycles. The van der Waals surface area contributed by atoms with E-state index in [1.165, 1.54) is 0 Å². The second kappa shape index (κ2) is 10.3. The maximum atomic E-state index is 4.64. The molecule has 0 atom stereocenters. The summed E-state index contributed by atoms with van der Waals surface area (Å²) >= 11 is 0. The van der Waals surface area contributed by atoms with Crippen LogP contribution in [0.2, 0.25) is 0 Å². The molecule has 144 valence electrons. The highest BCUT2D eigenvalue weighted by molar-refractivity contribution is 7.73. The SMILES string of the molecule is c1ccc(P(CCCP(c2ccccn2)c2ccccn2)c2ccccn2)nc1. The van der Waals surface area contributed by atoms with Gasteiger partial charge in [0.2, 0.25) is 0 Å². The molecule has 4 heterocycles. The van der Waals surface area contributed by atoms with Crippen molar-refractivity contribution in [1.29, 1.82) is 0 Å². The van der Waals surface area contributed by atoms with Crippen molar-refractivity contribution in [2.45, 2.75) is 6.42 Å². The number of hydrogen-bond acceptors (Lipinski definition) is 4. The van der Waals surface area contributed by atoms with E-state index in [4.69, 9.17) is 0 Å². The van der Waals surface area contributed by atoms with E-state index >= 15 is 0 Å². The molecule has 6 heteroatoms. The lowest BCUT2D eigenvalue weighted by molar-refractivity contribution is 1.11. The van der Waals surface area contributed by atoms with Gasteiger partial charge in [-0.15, -0.1) is 0 Å². The number of rotatable bonds is 8. The first-order valence-electron chi connectivity index (χ1n) is 9.61. The fourth-order valence-electron chi connectivity index (χ4n) is 3.13. The minimum atomic E-state index is -0.572. The third-order valence-electron chi connectivity index (χ3n) is 4.47. The van der Waals surface area contributed by atoms with Crippen LogP contribution in [-0.4, -0.2) is 32.3 Å². The zero-order chi connectivity index (χ0) is 19.7. The molecule has 0 saturated carbocycles. The third-order valence-corrected chi connectivity index (χ3v) is 9.26. The van der Waals surface area contributed by atoms with Gasteiger partial charge in [0.25, 0.3) is 0 Å². The molecule has 0 unspecified atom stereocenters. The second-order valence-corrected chi connectivity index (χ2v) is 10.8. The lowest BCUT2D eigenvalue weighted by Gasteiger charge is -2.19. The van der Waals surface area contributed by atoms with E-state index in [0.717, 1.165) is 40.5 Å². The summed E-state index contributed by atoms with van der Waals surface area (Å²) in [5.41, 5.74) is 4.56. The molecular formula is C23H22N4P2. The molecule has 4 nitrogen and oxygen atoms in total. The van der Waals surface area contributed by atoms with E-state index in [1.807, 2.05) is 49.1 Å². The van der Waals surface area contributed by atoms with Gasteiger partial charge in [0.1, 0.15) is 0 Å². The molecule has 4 rings (SSSR count). The van der Waals surface area contributed by atoms with Gasteiger partial charge >= 0.3 is 0 Å². The van der Waals surface area contributed by atoms with Crippen LogP contribution < -0.4 is 21.7 Å². The smallest absolute Gasteiger partial charge is 0.0692 e. The number of hydrogen-bond donors (Lipinski definition) is 0. The van der Waals surface area contributed by atoms with E-state index in [-0.39, 0.29) is 0 Å². The standard InChI is InChI=1S/C23H22N4P2/c1-5-14-24-20(10-1)28(21-11-2-6-15-25-21)18-9-19-29(22-12-3-7-16-26-22)23-13-4-8-17-27-23/h1-8,10-17H,9,18-19H2. The fraction of sp³-hybridized carbons (Fsp3) is 0.130. The molecule has 0 fully saturated rings. The highest BCUT2D eigenvalue weighted by Gasteiger charge is 2.20. The van der Waals surface area contributed by atoms with Crippen LogP contribution in [-0.2, 0) is 0 Å². The first-order valence-corrected chi connectivity index (χ1v) is 12.7. The van der Waals surface area contributed by atoms with Gasteiger partial charge in [0.05, 0.1) is 21.7 Å². The van der Waals surface area contributed by atoms with Crippen molar-refractivity contribution in [2.75, 3.05) is 12.3 Å². The van der Waals surface area contributed by atoms with Crippen molar-refractivity contribution in [1.82, 2.24) is 19.9 Å². The maximum absolute atomic E-state index is 4.64. The molecule has 0 aromatic carbocycles. The highest BCUT2D eigenvalue weighted by Crippen LogP contribution is 2.37. The Hall–Kier alpha value is -2.54. The van der Waals surface area contributed by atoms with Gasteiger partial charge in [0.15, 0.2) is 0 Å². The second-order valence-electron chi connectivity index (χ2n) is 6.41. The molecule has 0 saturated heterocycles. The summed E-state index contributed by atoms with van der Waals surface area (Å²) in [6.07, 6.45) is 10.7. The number of pyridine rings is 4. The summed E-state index contributed by atoms with van der Waals surface area (Å²) in [5, 5.41) is 0. The molecule has 0 radical (unpaired) electrons. The Labute approximate surface area is 174 Å². The molecule has 0 bridgehead atoms. The lowest BCUT2D eigenvalue weighted by atomic mass is 10.5. The van der Waals surface area contributed by atoms with Gasteiger partial charge in [-0.2, -0.15) is 0 Å². The van der Waals surface area contributed by atoms with Crippen molar-refractivity contribution in [2.24, 2.45) is 0 Å². The van der Waals surface area contributed by atoms with E-state index in [9.17, 15) is 0 Å². The van der Waals surface area contributed by atoms with Crippen LogP contribution in [0.5, 0.6) is 0 Å². The minimum absolute atomic E-state index is 0.572. The average Bonchev–Trinajstić information content (AvgIpc) is 2.81. The summed E-state index contributed by atoms with van der Waals surface area (Å²) in [6, 6.07) is 24.6. The van der Waals surface area contributed by atoms with Gasteiger partial charge in [-0.05, 0) is 83.1 Å². The molecule has 0 spiro atoms. The van der Waals surface area contributed by atoms with Gasteiger partial charge in [-0.1, -0.05) is 24.3 Å². The van der Waals surface area contributed by atoms with Crippen LogP contribution >= 0.6 is 15.8 Å². The first kappa shape index (κ1) is 19.8. The largest absolute Gasteiger partial charge is 0.256 e. The van der Waals surface area contributed by atoms with Gasteiger partial charge in [-0.3, -0.25) is 19.9 Å². The van der Waals surface area contributed by atoms with E-state index in [0.29, 0.717) is 0 Å².